The third-order valence-electron chi connectivity index (χ3n) is 2.94. The fourth-order valence-corrected chi connectivity index (χ4v) is 2.08. The molecule has 1 amide bonds. The first kappa shape index (κ1) is 18.7. The predicted molar refractivity (Wildman–Crippen MR) is 93.9 cm³/mol. The molecule has 0 atom stereocenters. The summed E-state index contributed by atoms with van der Waals surface area (Å²) >= 11 is 7.59. The van der Waals surface area contributed by atoms with Crippen LogP contribution < -0.4 is 0 Å². The fraction of sp³-hybridized carbons (Fsp3) is 0.133. The van der Waals surface area contributed by atoms with E-state index in [1.165, 1.54) is 0 Å². The number of ether oxygens (including phenoxy) is 1. The summed E-state index contributed by atoms with van der Waals surface area (Å²) in [6.07, 6.45) is -0.589. The molecule has 2 aromatic carbocycles. The molecule has 2 rings (SSSR count). The molecule has 0 aliphatic rings. The van der Waals surface area contributed by atoms with E-state index in [9.17, 15) is 4.79 Å². The minimum absolute atomic E-state index is 0. The molecule has 0 bridgehead atoms. The Labute approximate surface area is 168 Å². The quantitative estimate of drug-likeness (QED) is 0.651. The number of rotatable bonds is 4. The minimum Gasteiger partial charge on any atom is -1.00 e. The van der Waals surface area contributed by atoms with Crippen molar-refractivity contribution >= 4 is 69.5 Å². The summed E-state index contributed by atoms with van der Waals surface area (Å²) in [5, 5.41) is 0. The molecule has 0 radical (unpaired) electrons. The van der Waals surface area contributed by atoms with Crippen molar-refractivity contribution in [2.75, 3.05) is 6.61 Å². The van der Waals surface area contributed by atoms with Crippen molar-refractivity contribution in [3.05, 3.63) is 71.8 Å². The molecule has 21 heavy (non-hydrogen) atoms. The number of benzene rings is 2. The van der Waals surface area contributed by atoms with Crippen LogP contribution in [0.5, 0.6) is 0 Å². The average Bonchev–Trinajstić information content (AvgIpc) is 2.49. The van der Waals surface area contributed by atoms with Crippen LogP contribution in [0.15, 0.2) is 60.7 Å². The second kappa shape index (κ2) is 9.64. The molecular formula is C15H17CaNO2S2. The van der Waals surface area contributed by atoms with Crippen molar-refractivity contribution in [3.8, 4) is 0 Å². The first-order valence-corrected chi connectivity index (χ1v) is 6.93. The van der Waals surface area contributed by atoms with Crippen LogP contribution in [0, 0.1) is 0 Å². The zero-order valence-corrected chi connectivity index (χ0v) is 15.4. The van der Waals surface area contributed by atoms with Gasteiger partial charge in [-0.15, -0.1) is 0 Å². The molecule has 0 aliphatic carbocycles. The van der Waals surface area contributed by atoms with Gasteiger partial charge in [-0.3, -0.25) is 0 Å². The van der Waals surface area contributed by atoms with Crippen molar-refractivity contribution in [1.82, 2.24) is 3.71 Å². The van der Waals surface area contributed by atoms with Gasteiger partial charge in [-0.2, -0.15) is 3.71 Å². The van der Waals surface area contributed by atoms with E-state index in [-0.39, 0.29) is 53.1 Å². The Hall–Kier alpha value is -0.330. The van der Waals surface area contributed by atoms with Gasteiger partial charge >= 0.3 is 43.8 Å². The van der Waals surface area contributed by atoms with E-state index in [2.05, 4.69) is 25.6 Å². The van der Waals surface area contributed by atoms with Crippen molar-refractivity contribution in [2.24, 2.45) is 0 Å². The van der Waals surface area contributed by atoms with Gasteiger partial charge in [0, 0.05) is 5.92 Å². The summed E-state index contributed by atoms with van der Waals surface area (Å²) in [7, 11) is 0. The summed E-state index contributed by atoms with van der Waals surface area (Å²) in [5.41, 5.74) is 2.19. The van der Waals surface area contributed by atoms with Crippen molar-refractivity contribution in [3.63, 3.8) is 0 Å². The Morgan fingerprint density at radius 2 is 1.43 bits per heavy atom. The summed E-state index contributed by atoms with van der Waals surface area (Å²) < 4.78 is 6.04. The van der Waals surface area contributed by atoms with Crippen LogP contribution >= 0.6 is 25.6 Å². The molecule has 0 N–H and O–H groups in total. The Kier molecular flexibility index (Phi) is 8.59. The van der Waals surface area contributed by atoms with Crippen LogP contribution in [-0.4, -0.2) is 54.1 Å². The van der Waals surface area contributed by atoms with Crippen LogP contribution in [0.1, 0.15) is 19.9 Å². The molecule has 0 spiro atoms. The monoisotopic (exact) mass is 347 g/mol. The first-order valence-electron chi connectivity index (χ1n) is 6.13. The first-order chi connectivity index (χ1) is 9.68. The predicted octanol–water partition coefficient (Wildman–Crippen LogP) is 3.79. The number of hydrogen-bond donors (Lipinski definition) is 2. The maximum atomic E-state index is 11.5. The Bertz CT molecular complexity index is 522. The van der Waals surface area contributed by atoms with Gasteiger partial charge in [0.05, 0.1) is 0 Å². The van der Waals surface area contributed by atoms with Gasteiger partial charge in [0.15, 0.2) is 0 Å². The summed E-state index contributed by atoms with van der Waals surface area (Å²) in [5.74, 6) is -0.0111. The molecule has 2 aromatic rings. The fourth-order valence-electron chi connectivity index (χ4n) is 1.97. The van der Waals surface area contributed by atoms with Gasteiger partial charge in [0.1, 0.15) is 6.61 Å². The Balaban J connectivity index is 0. The normalized spacial score (nSPS) is 9.86. The van der Waals surface area contributed by atoms with Gasteiger partial charge < -0.3 is 7.59 Å². The van der Waals surface area contributed by atoms with Gasteiger partial charge in [-0.05, 0) is 36.8 Å². The minimum atomic E-state index is -0.589. The zero-order chi connectivity index (χ0) is 14.4. The third-order valence-corrected chi connectivity index (χ3v) is 3.27. The standard InChI is InChI=1S/C15H15NO2S2.Ca.2H/c17-15(16(19)20)18-11-14(12-7-3-1-4-8-12)13-9-5-2-6-10-13;;;/h1-10,14,19-20H,11H2;;;/q;+2;2*-1. The van der Waals surface area contributed by atoms with E-state index in [4.69, 9.17) is 4.74 Å². The summed E-state index contributed by atoms with van der Waals surface area (Å²) in [6.45, 7) is 0.241. The number of carbonyl (C=O) groups is 1. The smallest absolute Gasteiger partial charge is 1.00 e. The van der Waals surface area contributed by atoms with Gasteiger partial charge in [0.2, 0.25) is 0 Å². The molecule has 0 unspecified atom stereocenters. The molecule has 0 aliphatic heterocycles. The van der Waals surface area contributed by atoms with Crippen LogP contribution in [0.25, 0.3) is 0 Å². The molecule has 0 heterocycles. The molecule has 3 nitrogen and oxygen atoms in total. The molecule has 6 heteroatoms. The van der Waals surface area contributed by atoms with E-state index in [1.54, 1.807) is 0 Å². The zero-order valence-electron chi connectivity index (χ0n) is 13.4. The number of hydrogen-bond acceptors (Lipinski definition) is 4. The van der Waals surface area contributed by atoms with Gasteiger partial charge in [-0.1, -0.05) is 60.7 Å². The molecule has 0 fully saturated rings. The third kappa shape index (κ3) is 5.75. The maximum absolute atomic E-state index is 11.5. The number of thiol groups is 2. The van der Waals surface area contributed by atoms with Crippen LogP contribution in [0.3, 0.4) is 0 Å². The van der Waals surface area contributed by atoms with E-state index in [0.717, 1.165) is 14.8 Å². The average molecular weight is 348 g/mol. The summed E-state index contributed by atoms with van der Waals surface area (Å²) in [4.78, 5) is 11.5. The largest absolute Gasteiger partial charge is 2.00 e. The Morgan fingerprint density at radius 3 is 1.81 bits per heavy atom. The van der Waals surface area contributed by atoms with Gasteiger partial charge in [-0.25, -0.2) is 4.79 Å². The summed E-state index contributed by atoms with van der Waals surface area (Å²) in [6, 6.07) is 19.9. The van der Waals surface area contributed by atoms with Crippen LogP contribution in [0.2, 0.25) is 0 Å². The topological polar surface area (TPSA) is 29.5 Å². The van der Waals surface area contributed by atoms with E-state index in [0.29, 0.717) is 0 Å². The van der Waals surface area contributed by atoms with Crippen molar-refractivity contribution in [2.45, 2.75) is 5.92 Å². The second-order valence-electron chi connectivity index (χ2n) is 4.24. The van der Waals surface area contributed by atoms with Crippen molar-refractivity contribution in [1.29, 1.82) is 0 Å². The van der Waals surface area contributed by atoms with Gasteiger partial charge in [0.25, 0.3) is 0 Å². The van der Waals surface area contributed by atoms with E-state index < -0.39 is 6.09 Å². The van der Waals surface area contributed by atoms with Crippen LogP contribution in [0.4, 0.5) is 4.79 Å². The second-order valence-corrected chi connectivity index (χ2v) is 5.36. The van der Waals surface area contributed by atoms with E-state index >= 15 is 0 Å². The number of nitrogens with zero attached hydrogens (tertiary/aromatic N) is 1. The molecule has 0 saturated carbocycles. The number of carbonyl (C=O) groups excluding carboxylic acids is 1. The molecule has 108 valence electrons. The van der Waals surface area contributed by atoms with E-state index in [1.807, 2.05) is 60.7 Å². The molecular weight excluding hydrogens is 330 g/mol. The maximum Gasteiger partial charge on any atom is 2.00 e. The SMILES string of the molecule is O=C(OCC(c1ccccc1)c1ccccc1)N(S)S.[Ca+2].[H-].[H-]. The molecule has 0 aromatic heterocycles. The van der Waals surface area contributed by atoms with Crippen LogP contribution in [-0.2, 0) is 4.74 Å². The number of amides is 1. The Morgan fingerprint density at radius 1 is 1.00 bits per heavy atom. The van der Waals surface area contributed by atoms with Crippen molar-refractivity contribution < 1.29 is 12.4 Å². The molecule has 0 saturated heterocycles.